The van der Waals surface area contributed by atoms with Gasteiger partial charge < -0.3 is 9.30 Å². The van der Waals surface area contributed by atoms with Crippen LogP contribution < -0.4 is 9.54 Å². The van der Waals surface area contributed by atoms with E-state index < -0.39 is 0 Å². The average molecular weight is 444 g/mol. The maximum atomic E-state index is 5.78. The monoisotopic (exact) mass is 443 g/mol. The summed E-state index contributed by atoms with van der Waals surface area (Å²) in [6, 6.07) is 25.0. The topological polar surface area (TPSA) is 38.9 Å². The highest BCUT2D eigenvalue weighted by molar-refractivity contribution is 7.16. The molecule has 1 aromatic heterocycles. The smallest absolute Gasteiger partial charge is 0.211 e. The van der Waals surface area contributed by atoms with Crippen molar-refractivity contribution in [3.63, 3.8) is 0 Å². The number of rotatable bonds is 9. The molecule has 0 aliphatic carbocycles. The van der Waals surface area contributed by atoms with Crippen molar-refractivity contribution in [1.29, 1.82) is 0 Å². The lowest BCUT2D eigenvalue weighted by Gasteiger charge is -2.05. The minimum absolute atomic E-state index is 0.766. The molecule has 0 unspecified atom stereocenters. The van der Waals surface area contributed by atoms with Crippen molar-refractivity contribution < 1.29 is 4.74 Å². The molecule has 0 atom stereocenters. The summed E-state index contributed by atoms with van der Waals surface area (Å²) in [6.07, 6.45) is 5.29. The van der Waals surface area contributed by atoms with Crippen LogP contribution in [0.15, 0.2) is 83.0 Å². The number of unbranched alkanes of at least 4 members (excludes halogenated alkanes) is 2. The van der Waals surface area contributed by atoms with Crippen LogP contribution >= 0.6 is 11.3 Å². The van der Waals surface area contributed by atoms with E-state index in [9.17, 15) is 0 Å². The molecule has 1 heterocycles. The molecule has 4 nitrogen and oxygen atoms in total. The van der Waals surface area contributed by atoms with E-state index in [0.717, 1.165) is 35.7 Å². The van der Waals surface area contributed by atoms with Gasteiger partial charge in [0.1, 0.15) is 5.75 Å². The van der Waals surface area contributed by atoms with Crippen molar-refractivity contribution in [1.82, 2.24) is 4.57 Å². The van der Waals surface area contributed by atoms with Crippen LogP contribution in [0.25, 0.3) is 10.2 Å². The summed E-state index contributed by atoms with van der Waals surface area (Å²) in [5.41, 5.74) is 4.68. The highest BCUT2D eigenvalue weighted by atomic mass is 32.1. The number of nitrogens with zero attached hydrogens (tertiary/aromatic N) is 3. The molecular formula is C27H29N3OS. The summed E-state index contributed by atoms with van der Waals surface area (Å²) in [4.78, 5) is 0.890. The van der Waals surface area contributed by atoms with Crippen LogP contribution in [0.1, 0.15) is 42.9 Å². The molecule has 3 aromatic carbocycles. The van der Waals surface area contributed by atoms with Gasteiger partial charge in [-0.2, -0.15) is 5.10 Å². The Balaban J connectivity index is 1.55. The van der Waals surface area contributed by atoms with Crippen LogP contribution in [-0.4, -0.2) is 17.4 Å². The lowest BCUT2D eigenvalue weighted by molar-refractivity contribution is 0.306. The zero-order valence-corrected chi connectivity index (χ0v) is 19.5. The van der Waals surface area contributed by atoms with Crippen LogP contribution in [0.3, 0.4) is 0 Å². The first kappa shape index (κ1) is 22.0. The molecule has 0 spiro atoms. The minimum atomic E-state index is 0.766. The lowest BCUT2D eigenvalue weighted by atomic mass is 10.2. The summed E-state index contributed by atoms with van der Waals surface area (Å²) < 4.78 is 9.24. The van der Waals surface area contributed by atoms with Crippen LogP contribution in [0.2, 0.25) is 0 Å². The number of thiazole rings is 1. The molecule has 4 rings (SSSR count). The Bertz CT molecular complexity index is 1240. The Morgan fingerprint density at radius 3 is 2.56 bits per heavy atom. The molecule has 32 heavy (non-hydrogen) atoms. The molecule has 0 radical (unpaired) electrons. The van der Waals surface area contributed by atoms with Crippen molar-refractivity contribution in [3.8, 4) is 5.75 Å². The SMILES string of the molecule is CCCCCOc1ccc(C=NN=c2sc3cc(C)ccc3n2Cc2ccccc2)cc1. The standard InChI is InChI=1S/C27H29N3OS/c1-3-4-8-17-31-24-14-12-22(13-15-24)19-28-29-27-30(20-23-9-6-5-7-10-23)25-16-11-21(2)18-26(25)32-27/h5-7,9-16,18-19H,3-4,8,17,20H2,1-2H3. The first-order valence-electron chi connectivity index (χ1n) is 11.2. The van der Waals surface area contributed by atoms with Gasteiger partial charge in [-0.1, -0.05) is 67.5 Å². The van der Waals surface area contributed by atoms with Gasteiger partial charge >= 0.3 is 0 Å². The van der Waals surface area contributed by atoms with Gasteiger partial charge in [0.2, 0.25) is 4.80 Å². The van der Waals surface area contributed by atoms with E-state index in [-0.39, 0.29) is 0 Å². The van der Waals surface area contributed by atoms with Gasteiger partial charge in [-0.25, -0.2) is 0 Å². The van der Waals surface area contributed by atoms with Gasteiger partial charge in [0.25, 0.3) is 0 Å². The van der Waals surface area contributed by atoms with Crippen molar-refractivity contribution in [2.75, 3.05) is 6.61 Å². The fourth-order valence-electron chi connectivity index (χ4n) is 3.51. The summed E-state index contributed by atoms with van der Waals surface area (Å²) in [6.45, 7) is 5.85. The first-order valence-corrected chi connectivity index (χ1v) is 12.0. The Labute approximate surface area is 193 Å². The van der Waals surface area contributed by atoms with E-state index >= 15 is 0 Å². The van der Waals surface area contributed by atoms with Gasteiger partial charge in [0.15, 0.2) is 0 Å². The zero-order chi connectivity index (χ0) is 22.2. The number of benzene rings is 3. The van der Waals surface area contributed by atoms with Crippen LogP contribution in [-0.2, 0) is 6.54 Å². The third kappa shape index (κ3) is 5.74. The Morgan fingerprint density at radius 2 is 1.78 bits per heavy atom. The number of aryl methyl sites for hydroxylation is 1. The molecule has 0 fully saturated rings. The summed E-state index contributed by atoms with van der Waals surface area (Å²) in [5, 5.41) is 8.97. The fraction of sp³-hybridized carbons (Fsp3) is 0.259. The molecule has 0 aliphatic rings. The largest absolute Gasteiger partial charge is 0.494 e. The van der Waals surface area contributed by atoms with Gasteiger partial charge in [0.05, 0.1) is 29.6 Å². The molecule has 0 saturated carbocycles. The summed E-state index contributed by atoms with van der Waals surface area (Å²) in [7, 11) is 0. The normalized spacial score (nSPS) is 12.1. The average Bonchev–Trinajstić information content (AvgIpc) is 3.14. The number of hydrogen-bond donors (Lipinski definition) is 0. The van der Waals surface area contributed by atoms with Crippen molar-refractivity contribution in [3.05, 3.63) is 94.3 Å². The highest BCUT2D eigenvalue weighted by Crippen LogP contribution is 2.20. The van der Waals surface area contributed by atoms with Gasteiger partial charge in [-0.15, -0.1) is 5.10 Å². The maximum absolute atomic E-state index is 5.78. The fourth-order valence-corrected chi connectivity index (χ4v) is 4.60. The van der Waals surface area contributed by atoms with Gasteiger partial charge in [-0.3, -0.25) is 0 Å². The number of ether oxygens (including phenoxy) is 1. The van der Waals surface area contributed by atoms with Gasteiger partial charge in [0, 0.05) is 0 Å². The van der Waals surface area contributed by atoms with E-state index in [1.54, 1.807) is 17.6 Å². The molecular weight excluding hydrogens is 414 g/mol. The van der Waals surface area contributed by atoms with E-state index in [0.29, 0.717) is 0 Å². The predicted octanol–water partition coefficient (Wildman–Crippen LogP) is 6.56. The minimum Gasteiger partial charge on any atom is -0.494 e. The quantitative estimate of drug-likeness (QED) is 0.164. The van der Waals surface area contributed by atoms with Crippen molar-refractivity contribution in [2.24, 2.45) is 10.2 Å². The van der Waals surface area contributed by atoms with Crippen LogP contribution in [0, 0.1) is 6.92 Å². The Hall–Kier alpha value is -3.18. The molecule has 0 saturated heterocycles. The first-order chi connectivity index (χ1) is 15.7. The van der Waals surface area contributed by atoms with Gasteiger partial charge in [-0.05, 0) is 66.4 Å². The van der Waals surface area contributed by atoms with Crippen LogP contribution in [0.5, 0.6) is 5.75 Å². The number of aromatic nitrogens is 1. The zero-order valence-electron chi connectivity index (χ0n) is 18.7. The van der Waals surface area contributed by atoms with Crippen molar-refractivity contribution in [2.45, 2.75) is 39.7 Å². The Kier molecular flexibility index (Phi) is 7.51. The number of fused-ring (bicyclic) bond motifs is 1. The predicted molar refractivity (Wildman–Crippen MR) is 135 cm³/mol. The second-order valence-electron chi connectivity index (χ2n) is 7.90. The maximum Gasteiger partial charge on any atom is 0.211 e. The molecule has 0 aliphatic heterocycles. The van der Waals surface area contributed by atoms with E-state index in [2.05, 4.69) is 71.1 Å². The third-order valence-electron chi connectivity index (χ3n) is 5.27. The molecule has 5 heteroatoms. The van der Waals surface area contributed by atoms with E-state index in [4.69, 9.17) is 4.74 Å². The van der Waals surface area contributed by atoms with Crippen LogP contribution in [0.4, 0.5) is 0 Å². The second-order valence-corrected chi connectivity index (χ2v) is 8.91. The Morgan fingerprint density at radius 1 is 0.969 bits per heavy atom. The molecule has 0 amide bonds. The lowest BCUT2D eigenvalue weighted by Crippen LogP contribution is -2.15. The summed E-state index contributed by atoms with van der Waals surface area (Å²) in [5.74, 6) is 0.899. The second kappa shape index (κ2) is 10.9. The van der Waals surface area contributed by atoms with Crippen molar-refractivity contribution >= 4 is 27.8 Å². The summed E-state index contributed by atoms with van der Waals surface area (Å²) >= 11 is 1.67. The molecule has 0 N–H and O–H groups in total. The van der Waals surface area contributed by atoms with E-state index in [1.807, 2.05) is 30.3 Å². The molecule has 0 bridgehead atoms. The molecule has 4 aromatic rings. The van der Waals surface area contributed by atoms with E-state index in [1.165, 1.54) is 34.2 Å². The molecule has 164 valence electrons. The third-order valence-corrected chi connectivity index (χ3v) is 6.30. The number of hydrogen-bond acceptors (Lipinski definition) is 4. The highest BCUT2D eigenvalue weighted by Gasteiger charge is 2.07.